The highest BCUT2D eigenvalue weighted by Crippen LogP contribution is 2.30. The third kappa shape index (κ3) is 2.62. The number of anilines is 1. The van der Waals surface area contributed by atoms with E-state index in [1.807, 2.05) is 11.4 Å². The molecule has 6 heteroatoms. The van der Waals surface area contributed by atoms with E-state index < -0.39 is 0 Å². The molecule has 20 heavy (non-hydrogen) atoms. The number of aromatic nitrogens is 1. The number of ether oxygens (including phenoxy) is 1. The third-order valence-corrected chi connectivity index (χ3v) is 4.23. The molecule has 1 saturated heterocycles. The summed E-state index contributed by atoms with van der Waals surface area (Å²) >= 11 is 1.60. The van der Waals surface area contributed by atoms with Crippen molar-refractivity contribution in [3.8, 4) is 17.0 Å². The van der Waals surface area contributed by atoms with Crippen molar-refractivity contribution in [1.82, 2.24) is 10.3 Å². The summed E-state index contributed by atoms with van der Waals surface area (Å²) in [5.74, 6) is -0.104. The van der Waals surface area contributed by atoms with Crippen molar-refractivity contribution in [2.75, 3.05) is 38.2 Å². The maximum Gasteiger partial charge on any atom is 0.185 e. The maximum absolute atomic E-state index is 13.7. The summed E-state index contributed by atoms with van der Waals surface area (Å²) in [4.78, 5) is 6.86. The van der Waals surface area contributed by atoms with Crippen LogP contribution >= 0.6 is 11.3 Å². The van der Waals surface area contributed by atoms with E-state index >= 15 is 0 Å². The summed E-state index contributed by atoms with van der Waals surface area (Å²) in [7, 11) is 1.46. The second-order valence-electron chi connectivity index (χ2n) is 4.60. The molecule has 1 aliphatic rings. The maximum atomic E-state index is 13.7. The molecule has 4 nitrogen and oxygen atoms in total. The Labute approximate surface area is 121 Å². The minimum atomic E-state index is -0.360. The molecule has 0 radical (unpaired) electrons. The van der Waals surface area contributed by atoms with Crippen molar-refractivity contribution in [2.45, 2.75) is 0 Å². The van der Waals surface area contributed by atoms with Crippen LogP contribution in [0.5, 0.6) is 5.75 Å². The highest BCUT2D eigenvalue weighted by atomic mass is 32.1. The topological polar surface area (TPSA) is 37.4 Å². The number of methoxy groups -OCH3 is 1. The largest absolute Gasteiger partial charge is 0.494 e. The minimum Gasteiger partial charge on any atom is -0.494 e. The quantitative estimate of drug-likeness (QED) is 0.943. The van der Waals surface area contributed by atoms with Crippen molar-refractivity contribution >= 4 is 16.5 Å². The van der Waals surface area contributed by atoms with Gasteiger partial charge in [-0.25, -0.2) is 9.37 Å². The van der Waals surface area contributed by atoms with Crippen molar-refractivity contribution in [2.24, 2.45) is 0 Å². The van der Waals surface area contributed by atoms with Gasteiger partial charge in [0.25, 0.3) is 0 Å². The normalized spacial score (nSPS) is 15.4. The van der Waals surface area contributed by atoms with Gasteiger partial charge in [-0.1, -0.05) is 0 Å². The molecule has 1 fully saturated rings. The lowest BCUT2D eigenvalue weighted by atomic mass is 10.1. The van der Waals surface area contributed by atoms with E-state index in [0.29, 0.717) is 0 Å². The number of nitrogens with zero attached hydrogens (tertiary/aromatic N) is 2. The second kappa shape index (κ2) is 5.76. The van der Waals surface area contributed by atoms with Gasteiger partial charge in [0.1, 0.15) is 0 Å². The average Bonchev–Trinajstić information content (AvgIpc) is 2.98. The number of thiazole rings is 1. The Hall–Kier alpha value is -1.66. The number of hydrogen-bond acceptors (Lipinski definition) is 5. The summed E-state index contributed by atoms with van der Waals surface area (Å²) < 4.78 is 18.7. The number of halogens is 1. The molecular weight excluding hydrogens is 277 g/mol. The van der Waals surface area contributed by atoms with E-state index in [0.717, 1.165) is 42.6 Å². The van der Waals surface area contributed by atoms with Gasteiger partial charge in [0.05, 0.1) is 12.8 Å². The van der Waals surface area contributed by atoms with Gasteiger partial charge in [0.15, 0.2) is 16.7 Å². The molecule has 1 N–H and O–H groups in total. The third-order valence-electron chi connectivity index (χ3n) is 3.33. The lowest BCUT2D eigenvalue weighted by Crippen LogP contribution is -2.43. The van der Waals surface area contributed by atoms with Crippen LogP contribution in [-0.2, 0) is 0 Å². The zero-order valence-corrected chi connectivity index (χ0v) is 12.0. The summed E-state index contributed by atoms with van der Waals surface area (Å²) in [6, 6.07) is 4.93. The van der Waals surface area contributed by atoms with E-state index in [4.69, 9.17) is 4.74 Å². The Balaban J connectivity index is 1.84. The predicted octanol–water partition coefficient (Wildman–Crippen LogP) is 2.37. The van der Waals surface area contributed by atoms with Gasteiger partial charge < -0.3 is 15.0 Å². The zero-order valence-electron chi connectivity index (χ0n) is 11.2. The number of benzene rings is 1. The fraction of sp³-hybridized carbons (Fsp3) is 0.357. The number of rotatable bonds is 3. The Morgan fingerprint density at radius 1 is 1.35 bits per heavy atom. The molecule has 0 unspecified atom stereocenters. The molecule has 1 aliphatic heterocycles. The lowest BCUT2D eigenvalue weighted by Gasteiger charge is -2.26. The van der Waals surface area contributed by atoms with Gasteiger partial charge in [0.2, 0.25) is 0 Å². The Bertz CT molecular complexity index is 596. The van der Waals surface area contributed by atoms with Crippen molar-refractivity contribution in [3.05, 3.63) is 29.4 Å². The fourth-order valence-electron chi connectivity index (χ4n) is 2.22. The highest BCUT2D eigenvalue weighted by Gasteiger charge is 2.15. The first-order valence-electron chi connectivity index (χ1n) is 6.53. The van der Waals surface area contributed by atoms with Crippen LogP contribution in [0, 0.1) is 5.82 Å². The van der Waals surface area contributed by atoms with Crippen LogP contribution in [0.2, 0.25) is 0 Å². The monoisotopic (exact) mass is 293 g/mol. The van der Waals surface area contributed by atoms with E-state index in [-0.39, 0.29) is 11.6 Å². The SMILES string of the molecule is COc1ccc(-c2csc(N3CCNCC3)n2)cc1F. The molecule has 0 saturated carbocycles. The van der Waals surface area contributed by atoms with Gasteiger partial charge in [-0.3, -0.25) is 0 Å². The summed E-state index contributed by atoms with van der Waals surface area (Å²) in [5, 5.41) is 6.28. The fourth-order valence-corrected chi connectivity index (χ4v) is 3.11. The molecule has 106 valence electrons. The molecule has 0 spiro atoms. The van der Waals surface area contributed by atoms with Crippen LogP contribution in [0.3, 0.4) is 0 Å². The molecular formula is C14H16FN3OS. The molecule has 2 aromatic rings. The van der Waals surface area contributed by atoms with Crippen molar-refractivity contribution in [3.63, 3.8) is 0 Å². The molecule has 1 aromatic carbocycles. The van der Waals surface area contributed by atoms with Gasteiger partial charge in [-0.2, -0.15) is 0 Å². The molecule has 2 heterocycles. The standard InChI is InChI=1S/C14H16FN3OS/c1-19-13-3-2-10(8-11(13)15)12-9-20-14(17-12)18-6-4-16-5-7-18/h2-3,8-9,16H,4-7H2,1H3. The van der Waals surface area contributed by atoms with E-state index in [2.05, 4.69) is 15.2 Å². The Morgan fingerprint density at radius 2 is 2.15 bits per heavy atom. The summed E-state index contributed by atoms with van der Waals surface area (Å²) in [5.41, 5.74) is 1.59. The van der Waals surface area contributed by atoms with Crippen LogP contribution < -0.4 is 15.0 Å². The van der Waals surface area contributed by atoms with Crippen molar-refractivity contribution < 1.29 is 9.13 Å². The lowest BCUT2D eigenvalue weighted by molar-refractivity contribution is 0.386. The van der Waals surface area contributed by atoms with Crippen LogP contribution in [0.1, 0.15) is 0 Å². The summed E-state index contributed by atoms with van der Waals surface area (Å²) in [6.07, 6.45) is 0. The van der Waals surface area contributed by atoms with Gasteiger partial charge in [-0.15, -0.1) is 11.3 Å². The molecule has 3 rings (SSSR count). The van der Waals surface area contributed by atoms with Crippen LogP contribution in [0.15, 0.2) is 23.6 Å². The number of piperazine rings is 1. The van der Waals surface area contributed by atoms with E-state index in [1.54, 1.807) is 17.4 Å². The molecule has 0 aliphatic carbocycles. The molecule has 0 atom stereocenters. The first-order chi connectivity index (χ1) is 9.78. The van der Waals surface area contributed by atoms with Crippen molar-refractivity contribution in [1.29, 1.82) is 0 Å². The van der Waals surface area contributed by atoms with Gasteiger partial charge in [0, 0.05) is 37.1 Å². The first-order valence-corrected chi connectivity index (χ1v) is 7.41. The van der Waals surface area contributed by atoms with E-state index in [1.165, 1.54) is 13.2 Å². The summed E-state index contributed by atoms with van der Waals surface area (Å²) in [6.45, 7) is 3.88. The second-order valence-corrected chi connectivity index (χ2v) is 5.44. The van der Waals surface area contributed by atoms with Crippen LogP contribution in [0.25, 0.3) is 11.3 Å². The Kier molecular flexibility index (Phi) is 3.84. The molecule has 1 aromatic heterocycles. The van der Waals surface area contributed by atoms with E-state index in [9.17, 15) is 4.39 Å². The average molecular weight is 293 g/mol. The minimum absolute atomic E-state index is 0.256. The van der Waals surface area contributed by atoms with Gasteiger partial charge >= 0.3 is 0 Å². The first kappa shape index (κ1) is 13.3. The van der Waals surface area contributed by atoms with Gasteiger partial charge in [-0.05, 0) is 18.2 Å². The van der Waals surface area contributed by atoms with Crippen LogP contribution in [-0.4, -0.2) is 38.3 Å². The smallest absolute Gasteiger partial charge is 0.185 e. The molecule has 0 bridgehead atoms. The highest BCUT2D eigenvalue weighted by molar-refractivity contribution is 7.14. The molecule has 0 amide bonds. The zero-order chi connectivity index (χ0) is 13.9. The predicted molar refractivity (Wildman–Crippen MR) is 79.1 cm³/mol. The Morgan fingerprint density at radius 3 is 2.85 bits per heavy atom. The number of nitrogens with one attached hydrogen (secondary N) is 1. The number of hydrogen-bond donors (Lipinski definition) is 1. The van der Waals surface area contributed by atoms with Crippen LogP contribution in [0.4, 0.5) is 9.52 Å².